The van der Waals surface area contributed by atoms with Crippen LogP contribution < -0.4 is 0 Å². The van der Waals surface area contributed by atoms with Crippen LogP contribution in [0.3, 0.4) is 0 Å². The molecule has 0 radical (unpaired) electrons. The SMILES string of the molecule is Cc1cc(C)c(C2=C3C(=C(c4c(C)cc(C)cc4C)c4cc5c(cc43)C(c3c(C)cc(C)cc3C)c3ccccc3-5)c3cc4c(cc32)-c2ccccc2C4c2c(C)cc(C)cc2C)c(C)c1. The van der Waals surface area contributed by atoms with Crippen molar-refractivity contribution in [3.63, 3.8) is 0 Å². The third kappa shape index (κ3) is 5.64. The number of hydrogen-bond donors (Lipinski definition) is 0. The Morgan fingerprint density at radius 1 is 0.242 bits per heavy atom. The van der Waals surface area contributed by atoms with Crippen LogP contribution in [-0.4, -0.2) is 0 Å². The van der Waals surface area contributed by atoms with Crippen LogP contribution in [0.4, 0.5) is 0 Å². The van der Waals surface area contributed by atoms with Crippen LogP contribution in [-0.2, 0) is 0 Å². The Bertz CT molecular complexity index is 3260. The Morgan fingerprint density at radius 3 is 0.864 bits per heavy atom. The molecular formula is C66H58. The van der Waals surface area contributed by atoms with Crippen LogP contribution in [0.15, 0.2) is 121 Å². The lowest BCUT2D eigenvalue weighted by Gasteiger charge is -2.23. The molecule has 0 amide bonds. The van der Waals surface area contributed by atoms with Gasteiger partial charge in [-0.05, 0) is 263 Å². The standard InChI is InChI=1S/C66H58/c1-33-21-37(5)57(38(6)22-33)61-47-19-15-13-17-45(47)49-29-53-55(31-51(49)61)65-64(60-43(11)27-36(4)28-44(60)12)54-30-50-46-18-14-16-20-48(46)62(58-39(7)23-34(2)24-40(58)8)52(50)32-56(54)66(65)63(53)59-41(9)25-35(3)26-42(59)10/h13-32,61-62H,1-12H3. The van der Waals surface area contributed by atoms with E-state index in [4.69, 9.17) is 0 Å². The average Bonchev–Trinajstić information content (AvgIpc) is 3.94. The van der Waals surface area contributed by atoms with Gasteiger partial charge in [0, 0.05) is 11.8 Å². The van der Waals surface area contributed by atoms with E-state index in [-0.39, 0.29) is 11.8 Å². The molecule has 0 fully saturated rings. The molecule has 2 atom stereocenters. The van der Waals surface area contributed by atoms with Crippen molar-refractivity contribution in [2.45, 2.75) is 94.9 Å². The lowest BCUT2D eigenvalue weighted by Crippen LogP contribution is -2.06. The van der Waals surface area contributed by atoms with Crippen molar-refractivity contribution in [2.75, 3.05) is 0 Å². The quantitative estimate of drug-likeness (QED) is 0.165. The molecule has 0 spiro atoms. The Kier molecular flexibility index (Phi) is 8.87. The van der Waals surface area contributed by atoms with Gasteiger partial charge in [-0.1, -0.05) is 119 Å². The maximum atomic E-state index is 2.66. The fraction of sp³-hybridized carbons (Fsp3) is 0.212. The lowest BCUT2D eigenvalue weighted by molar-refractivity contribution is 0.975. The first kappa shape index (κ1) is 40.7. The van der Waals surface area contributed by atoms with E-state index >= 15 is 0 Å². The van der Waals surface area contributed by atoms with E-state index in [1.165, 1.54) is 178 Å². The summed E-state index contributed by atoms with van der Waals surface area (Å²) < 4.78 is 0. The predicted molar refractivity (Wildman–Crippen MR) is 280 cm³/mol. The molecule has 0 heteroatoms. The molecule has 0 nitrogen and oxygen atoms in total. The first-order chi connectivity index (χ1) is 31.7. The molecule has 12 rings (SSSR count). The number of aryl methyl sites for hydroxylation is 12. The van der Waals surface area contributed by atoms with Gasteiger partial charge in [-0.3, -0.25) is 0 Å². The lowest BCUT2D eigenvalue weighted by atomic mass is 9.80. The highest BCUT2D eigenvalue weighted by Gasteiger charge is 2.44. The number of hydrogen-bond acceptors (Lipinski definition) is 0. The highest BCUT2D eigenvalue weighted by atomic mass is 14.5. The summed E-state index contributed by atoms with van der Waals surface area (Å²) in [5, 5.41) is 0. The van der Waals surface area contributed by atoms with Gasteiger partial charge in [0.1, 0.15) is 0 Å². The largest absolute Gasteiger partial charge is 0.0619 e. The number of allylic oxidation sites excluding steroid dienone is 2. The van der Waals surface area contributed by atoms with E-state index in [2.05, 4.69) is 204 Å². The van der Waals surface area contributed by atoms with Gasteiger partial charge in [0.25, 0.3) is 0 Å². The molecule has 322 valence electrons. The minimum absolute atomic E-state index is 0.148. The van der Waals surface area contributed by atoms with E-state index in [0.717, 1.165) is 0 Å². The maximum absolute atomic E-state index is 2.66. The molecule has 8 aromatic rings. The molecule has 4 aliphatic carbocycles. The Balaban J connectivity index is 1.24. The van der Waals surface area contributed by atoms with Crippen molar-refractivity contribution in [2.24, 2.45) is 0 Å². The molecule has 0 saturated carbocycles. The number of fused-ring (bicyclic) bond motifs is 11. The minimum atomic E-state index is 0.148. The van der Waals surface area contributed by atoms with Gasteiger partial charge in [-0.2, -0.15) is 0 Å². The number of rotatable bonds is 4. The second-order valence-electron chi connectivity index (χ2n) is 20.7. The van der Waals surface area contributed by atoms with Crippen LogP contribution in [0.25, 0.3) is 44.5 Å². The fourth-order valence-electron chi connectivity index (χ4n) is 14.0. The summed E-state index contributed by atoms with van der Waals surface area (Å²) in [6.45, 7) is 27.6. The second-order valence-corrected chi connectivity index (χ2v) is 20.7. The predicted octanol–water partition coefficient (Wildman–Crippen LogP) is 17.0. The molecular weight excluding hydrogens is 793 g/mol. The molecule has 4 aliphatic rings. The minimum Gasteiger partial charge on any atom is -0.0619 e. The normalized spacial score (nSPS) is 16.1. The summed E-state index contributed by atoms with van der Waals surface area (Å²) in [6.07, 6.45) is 0. The van der Waals surface area contributed by atoms with Gasteiger partial charge in [0.2, 0.25) is 0 Å². The maximum Gasteiger partial charge on any atom is 0.0357 e. The number of benzene rings is 8. The van der Waals surface area contributed by atoms with Crippen molar-refractivity contribution in [1.82, 2.24) is 0 Å². The van der Waals surface area contributed by atoms with Crippen molar-refractivity contribution < 1.29 is 0 Å². The van der Waals surface area contributed by atoms with E-state index in [9.17, 15) is 0 Å². The summed E-state index contributed by atoms with van der Waals surface area (Å²) in [4.78, 5) is 0. The molecule has 0 bridgehead atoms. The smallest absolute Gasteiger partial charge is 0.0357 e. The highest BCUT2D eigenvalue weighted by Crippen LogP contribution is 2.64. The molecule has 66 heavy (non-hydrogen) atoms. The van der Waals surface area contributed by atoms with Crippen LogP contribution in [0.1, 0.15) is 145 Å². The van der Waals surface area contributed by atoms with Gasteiger partial charge in [0.05, 0.1) is 0 Å². The molecule has 0 heterocycles. The fourth-order valence-corrected chi connectivity index (χ4v) is 14.0. The first-order valence-electron chi connectivity index (χ1n) is 24.1. The zero-order valence-corrected chi connectivity index (χ0v) is 40.7. The zero-order valence-electron chi connectivity index (χ0n) is 40.7. The summed E-state index contributed by atoms with van der Waals surface area (Å²) in [5.74, 6) is 0.297. The van der Waals surface area contributed by atoms with Gasteiger partial charge in [-0.15, -0.1) is 0 Å². The van der Waals surface area contributed by atoms with E-state index in [1.54, 1.807) is 0 Å². The molecule has 0 aliphatic heterocycles. The van der Waals surface area contributed by atoms with Crippen molar-refractivity contribution in [3.8, 4) is 22.3 Å². The topological polar surface area (TPSA) is 0 Å². The van der Waals surface area contributed by atoms with Gasteiger partial charge < -0.3 is 0 Å². The summed E-state index contributed by atoms with van der Waals surface area (Å²) in [7, 11) is 0. The Morgan fingerprint density at radius 2 is 0.530 bits per heavy atom. The van der Waals surface area contributed by atoms with Crippen LogP contribution in [0, 0.1) is 83.1 Å². The second kappa shape index (κ2) is 14.4. The first-order valence-corrected chi connectivity index (χ1v) is 24.1. The molecule has 2 unspecified atom stereocenters. The van der Waals surface area contributed by atoms with Gasteiger partial charge >= 0.3 is 0 Å². The van der Waals surface area contributed by atoms with Gasteiger partial charge in [-0.25, -0.2) is 0 Å². The molecule has 8 aromatic carbocycles. The van der Waals surface area contributed by atoms with Crippen molar-refractivity contribution in [3.05, 3.63) is 255 Å². The Labute approximate surface area is 392 Å². The Hall–Kier alpha value is -6.76. The molecule has 0 aromatic heterocycles. The van der Waals surface area contributed by atoms with Gasteiger partial charge in [0.15, 0.2) is 0 Å². The van der Waals surface area contributed by atoms with E-state index in [0.29, 0.717) is 0 Å². The third-order valence-electron chi connectivity index (χ3n) is 15.9. The van der Waals surface area contributed by atoms with Crippen LogP contribution in [0.5, 0.6) is 0 Å². The van der Waals surface area contributed by atoms with Crippen LogP contribution >= 0.6 is 0 Å². The average molecular weight is 851 g/mol. The van der Waals surface area contributed by atoms with Crippen molar-refractivity contribution in [1.29, 1.82) is 0 Å². The van der Waals surface area contributed by atoms with Crippen LogP contribution in [0.2, 0.25) is 0 Å². The monoisotopic (exact) mass is 850 g/mol. The highest BCUT2D eigenvalue weighted by molar-refractivity contribution is 6.36. The third-order valence-corrected chi connectivity index (χ3v) is 15.9. The van der Waals surface area contributed by atoms with E-state index < -0.39 is 0 Å². The summed E-state index contributed by atoms with van der Waals surface area (Å²) >= 11 is 0. The zero-order chi connectivity index (χ0) is 45.8. The van der Waals surface area contributed by atoms with E-state index in [1.807, 2.05) is 0 Å². The summed E-state index contributed by atoms with van der Waals surface area (Å²) in [6, 6.07) is 48.2. The summed E-state index contributed by atoms with van der Waals surface area (Å²) in [5.41, 5.74) is 43.9. The molecule has 0 saturated heterocycles. The molecule has 0 N–H and O–H groups in total. The van der Waals surface area contributed by atoms with Crippen molar-refractivity contribution >= 4 is 22.3 Å².